The van der Waals surface area contributed by atoms with E-state index < -0.39 is 11.4 Å². The highest BCUT2D eigenvalue weighted by molar-refractivity contribution is 7.14. The van der Waals surface area contributed by atoms with Gasteiger partial charge in [0.1, 0.15) is 12.4 Å². The summed E-state index contributed by atoms with van der Waals surface area (Å²) in [6.07, 6.45) is 6.04. The summed E-state index contributed by atoms with van der Waals surface area (Å²) in [5.41, 5.74) is 8.07. The van der Waals surface area contributed by atoms with Gasteiger partial charge >= 0.3 is 5.97 Å². The summed E-state index contributed by atoms with van der Waals surface area (Å²) in [5.74, 6) is 0.472. The maximum Gasteiger partial charge on any atom is 0.311 e. The number of aliphatic carboxylic acids is 1. The van der Waals surface area contributed by atoms with E-state index in [-0.39, 0.29) is 5.92 Å². The zero-order chi connectivity index (χ0) is 26.0. The number of rotatable bonds is 7. The topological polar surface area (TPSA) is 65.9 Å². The molecule has 3 heterocycles. The van der Waals surface area contributed by atoms with Crippen LogP contribution in [0.2, 0.25) is 0 Å². The number of benzene rings is 2. The Kier molecular flexibility index (Phi) is 5.78. The molecule has 4 aliphatic rings. The maximum absolute atomic E-state index is 11.7. The number of fused-ring (bicyclic) bond motifs is 2. The molecule has 0 unspecified atom stereocenters. The smallest absolute Gasteiger partial charge is 0.311 e. The lowest BCUT2D eigenvalue weighted by molar-refractivity contribution is -0.143. The van der Waals surface area contributed by atoms with E-state index in [4.69, 9.17) is 9.72 Å². The van der Waals surface area contributed by atoms with E-state index in [0.717, 1.165) is 59.7 Å². The second-order valence-electron chi connectivity index (χ2n) is 11.8. The van der Waals surface area contributed by atoms with Crippen LogP contribution in [0.4, 0.5) is 5.13 Å². The SMILES string of the molecule is Cc1cccc(-c2csc(N3C[C@@H]4C[C@]4(C(=O)O)C3)n2)c1OCc1ccc2c(c1C)CCN(C1CCC1)C2. The summed E-state index contributed by atoms with van der Waals surface area (Å²) < 4.78 is 6.54. The van der Waals surface area contributed by atoms with Crippen molar-refractivity contribution in [1.82, 2.24) is 9.88 Å². The minimum absolute atomic E-state index is 0.256. The van der Waals surface area contributed by atoms with Crippen molar-refractivity contribution >= 4 is 22.4 Å². The van der Waals surface area contributed by atoms with E-state index in [9.17, 15) is 9.90 Å². The van der Waals surface area contributed by atoms with Gasteiger partial charge < -0.3 is 14.7 Å². The van der Waals surface area contributed by atoms with Crippen LogP contribution in [0.15, 0.2) is 35.7 Å². The minimum Gasteiger partial charge on any atom is -0.488 e. The van der Waals surface area contributed by atoms with Crippen molar-refractivity contribution in [3.8, 4) is 17.0 Å². The van der Waals surface area contributed by atoms with Crippen LogP contribution in [0, 0.1) is 25.2 Å². The Morgan fingerprint density at radius 3 is 2.87 bits per heavy atom. The number of aromatic nitrogens is 1. The average Bonchev–Trinajstić information content (AvgIpc) is 3.21. The molecule has 2 atom stereocenters. The number of carboxylic acids is 1. The fraction of sp³-hybridized carbons (Fsp3) is 0.484. The highest BCUT2D eigenvalue weighted by Crippen LogP contribution is 2.58. The standard InChI is InChI=1S/C31H35N3O3S/c1-19-5-3-8-26(27-17-38-30(32-27)34-15-23-13-31(23,18-34)29(35)36)28(19)37-16-22-10-9-21-14-33(24-6-4-7-24)12-11-25(21)20(22)2/h3,5,8-10,17,23-24H,4,6-7,11-16,18H2,1-2H3,(H,35,36)/t23-,31-/m0/s1. The van der Waals surface area contributed by atoms with Crippen LogP contribution in [0.25, 0.3) is 11.3 Å². The van der Waals surface area contributed by atoms with E-state index in [1.165, 1.54) is 48.1 Å². The molecule has 0 radical (unpaired) electrons. The van der Waals surface area contributed by atoms with E-state index in [1.807, 2.05) is 0 Å². The molecule has 3 aromatic rings. The molecule has 6 nitrogen and oxygen atoms in total. The Balaban J connectivity index is 1.09. The van der Waals surface area contributed by atoms with Gasteiger partial charge in [0.25, 0.3) is 0 Å². The van der Waals surface area contributed by atoms with Gasteiger partial charge in [-0.1, -0.05) is 30.7 Å². The first-order valence-electron chi connectivity index (χ1n) is 13.9. The molecule has 1 N–H and O–H groups in total. The first-order chi connectivity index (χ1) is 18.4. The highest BCUT2D eigenvalue weighted by Gasteiger charge is 2.65. The molecule has 198 valence electrons. The van der Waals surface area contributed by atoms with Gasteiger partial charge in [0.15, 0.2) is 5.13 Å². The van der Waals surface area contributed by atoms with Crippen molar-refractivity contribution in [2.24, 2.45) is 11.3 Å². The lowest BCUT2D eigenvalue weighted by atomic mass is 9.87. The number of piperidine rings is 1. The van der Waals surface area contributed by atoms with Crippen LogP contribution >= 0.6 is 11.3 Å². The number of para-hydroxylation sites is 1. The number of hydrogen-bond donors (Lipinski definition) is 1. The maximum atomic E-state index is 11.7. The van der Waals surface area contributed by atoms with Crippen molar-refractivity contribution in [1.29, 1.82) is 0 Å². The number of carboxylic acid groups (broad SMARTS) is 1. The van der Waals surface area contributed by atoms with Gasteiger partial charge in [0.05, 0.1) is 11.1 Å². The zero-order valence-corrected chi connectivity index (χ0v) is 23.0. The molecule has 0 spiro atoms. The van der Waals surface area contributed by atoms with Crippen LogP contribution in [-0.4, -0.2) is 46.6 Å². The van der Waals surface area contributed by atoms with Crippen molar-refractivity contribution < 1.29 is 14.6 Å². The van der Waals surface area contributed by atoms with Crippen LogP contribution in [-0.2, 0) is 24.4 Å². The number of nitrogens with zero attached hydrogens (tertiary/aromatic N) is 3. The predicted octanol–water partition coefficient (Wildman–Crippen LogP) is 5.83. The van der Waals surface area contributed by atoms with E-state index >= 15 is 0 Å². The molecule has 38 heavy (non-hydrogen) atoms. The minimum atomic E-state index is -0.663. The number of aryl methyl sites for hydroxylation is 1. The van der Waals surface area contributed by atoms with Crippen LogP contribution in [0.5, 0.6) is 5.75 Å². The zero-order valence-electron chi connectivity index (χ0n) is 22.2. The molecular weight excluding hydrogens is 494 g/mol. The fourth-order valence-electron chi connectivity index (χ4n) is 6.82. The molecule has 0 amide bonds. The second-order valence-corrected chi connectivity index (χ2v) is 12.6. The van der Waals surface area contributed by atoms with Gasteiger partial charge in [-0.3, -0.25) is 9.69 Å². The van der Waals surface area contributed by atoms with Gasteiger partial charge in [0.2, 0.25) is 0 Å². The monoisotopic (exact) mass is 529 g/mol. The van der Waals surface area contributed by atoms with Crippen molar-refractivity contribution in [2.45, 2.75) is 65.1 Å². The molecule has 2 aromatic carbocycles. The van der Waals surface area contributed by atoms with Crippen molar-refractivity contribution in [3.63, 3.8) is 0 Å². The summed E-state index contributed by atoms with van der Waals surface area (Å²) in [6, 6.07) is 11.6. The summed E-state index contributed by atoms with van der Waals surface area (Å²) in [4.78, 5) is 21.5. The van der Waals surface area contributed by atoms with Gasteiger partial charge in [-0.05, 0) is 79.3 Å². The second kappa shape index (κ2) is 9.09. The first-order valence-corrected chi connectivity index (χ1v) is 14.8. The summed E-state index contributed by atoms with van der Waals surface area (Å²) >= 11 is 1.59. The van der Waals surface area contributed by atoms with Crippen LogP contribution in [0.1, 0.15) is 53.5 Å². The largest absolute Gasteiger partial charge is 0.488 e. The third-order valence-corrected chi connectivity index (χ3v) is 10.5. The van der Waals surface area contributed by atoms with Crippen LogP contribution < -0.4 is 9.64 Å². The number of carbonyl (C=O) groups is 1. The predicted molar refractivity (Wildman–Crippen MR) is 150 cm³/mol. The van der Waals surface area contributed by atoms with Gasteiger partial charge in [-0.25, -0.2) is 4.98 Å². The molecule has 0 bridgehead atoms. The molecule has 7 rings (SSSR count). The Bertz CT molecular complexity index is 1410. The molecule has 1 saturated heterocycles. The number of anilines is 1. The molecule has 7 heteroatoms. The Labute approximate surface area is 228 Å². The van der Waals surface area contributed by atoms with E-state index in [1.54, 1.807) is 11.3 Å². The molecule has 1 aromatic heterocycles. The van der Waals surface area contributed by atoms with Crippen molar-refractivity contribution in [2.75, 3.05) is 24.5 Å². The Morgan fingerprint density at radius 1 is 1.24 bits per heavy atom. The quantitative estimate of drug-likeness (QED) is 0.416. The van der Waals surface area contributed by atoms with Crippen LogP contribution in [0.3, 0.4) is 0 Å². The molecule has 2 saturated carbocycles. The van der Waals surface area contributed by atoms with Crippen molar-refractivity contribution in [3.05, 3.63) is 63.5 Å². The van der Waals surface area contributed by atoms with E-state index in [0.29, 0.717) is 13.2 Å². The third-order valence-electron chi connectivity index (χ3n) is 9.62. The lowest BCUT2D eigenvalue weighted by Gasteiger charge is -2.41. The molecular formula is C31H35N3O3S. The molecule has 2 aliphatic carbocycles. The Hall–Kier alpha value is -2.90. The van der Waals surface area contributed by atoms with Gasteiger partial charge in [-0.15, -0.1) is 11.3 Å². The third kappa shape index (κ3) is 3.93. The summed E-state index contributed by atoms with van der Waals surface area (Å²) in [7, 11) is 0. The van der Waals surface area contributed by atoms with Gasteiger partial charge in [0, 0.05) is 43.2 Å². The van der Waals surface area contributed by atoms with E-state index in [2.05, 4.69) is 59.4 Å². The van der Waals surface area contributed by atoms with Gasteiger partial charge in [-0.2, -0.15) is 0 Å². The fourth-order valence-corrected chi connectivity index (χ4v) is 7.66. The highest BCUT2D eigenvalue weighted by atomic mass is 32.1. The average molecular weight is 530 g/mol. The number of hydrogen-bond acceptors (Lipinski definition) is 6. The summed E-state index contributed by atoms with van der Waals surface area (Å²) in [6.45, 7) is 8.48. The number of thiazole rings is 1. The normalized spacial score (nSPS) is 24.6. The molecule has 2 aliphatic heterocycles. The lowest BCUT2D eigenvalue weighted by Crippen LogP contribution is -2.43. The molecule has 3 fully saturated rings. The summed E-state index contributed by atoms with van der Waals surface area (Å²) in [5, 5.41) is 12.6. The first kappa shape index (κ1) is 24.2. The number of ether oxygens (including phenoxy) is 1. The Morgan fingerprint density at radius 2 is 2.11 bits per heavy atom.